The first-order chi connectivity index (χ1) is 12.7. The number of hydrogen-bond donors (Lipinski definition) is 1. The van der Waals surface area contributed by atoms with Crippen molar-refractivity contribution in [3.8, 4) is 0 Å². The van der Waals surface area contributed by atoms with E-state index < -0.39 is 0 Å². The van der Waals surface area contributed by atoms with Crippen molar-refractivity contribution in [2.45, 2.75) is 19.3 Å². The van der Waals surface area contributed by atoms with E-state index >= 15 is 0 Å². The minimum atomic E-state index is 0.167. The van der Waals surface area contributed by atoms with E-state index in [1.165, 1.54) is 16.5 Å². The summed E-state index contributed by atoms with van der Waals surface area (Å²) >= 11 is 3.43. The van der Waals surface area contributed by atoms with Crippen molar-refractivity contribution in [2.75, 3.05) is 19.6 Å². The Bertz CT molecular complexity index is 892. The van der Waals surface area contributed by atoms with Crippen molar-refractivity contribution in [1.82, 2.24) is 9.88 Å². The lowest BCUT2D eigenvalue weighted by Crippen LogP contribution is -2.37. The summed E-state index contributed by atoms with van der Waals surface area (Å²) in [6, 6.07) is 16.2. The van der Waals surface area contributed by atoms with E-state index in [0.717, 1.165) is 48.9 Å². The molecule has 0 spiro atoms. The smallest absolute Gasteiger partial charge is 0.166 e. The highest BCUT2D eigenvalue weighted by Gasteiger charge is 2.25. The number of nitrogens with zero attached hydrogens (tertiary/aromatic N) is 1. The largest absolute Gasteiger partial charge is 0.361 e. The molecule has 0 radical (unpaired) electrons. The summed E-state index contributed by atoms with van der Waals surface area (Å²) in [5.74, 6) is 0.467. The zero-order chi connectivity index (χ0) is 17.9. The van der Waals surface area contributed by atoms with Crippen LogP contribution < -0.4 is 0 Å². The van der Waals surface area contributed by atoms with E-state index in [0.29, 0.717) is 5.78 Å². The molecule has 0 amide bonds. The van der Waals surface area contributed by atoms with E-state index in [9.17, 15) is 4.79 Å². The van der Waals surface area contributed by atoms with E-state index in [-0.39, 0.29) is 5.92 Å². The van der Waals surface area contributed by atoms with Gasteiger partial charge in [-0.25, -0.2) is 0 Å². The first-order valence-corrected chi connectivity index (χ1v) is 10.1. The molecule has 2 aromatic carbocycles. The van der Waals surface area contributed by atoms with Crippen molar-refractivity contribution < 1.29 is 4.79 Å². The van der Waals surface area contributed by atoms with Crippen LogP contribution in [-0.4, -0.2) is 35.3 Å². The number of aromatic nitrogens is 1. The maximum atomic E-state index is 12.7. The highest BCUT2D eigenvalue weighted by atomic mass is 79.9. The van der Waals surface area contributed by atoms with Gasteiger partial charge in [-0.1, -0.05) is 46.3 Å². The molecule has 4 heteroatoms. The second kappa shape index (κ2) is 7.77. The Morgan fingerprint density at radius 1 is 1.08 bits per heavy atom. The summed E-state index contributed by atoms with van der Waals surface area (Å²) in [6.07, 6.45) is 5.11. The number of para-hydroxylation sites is 1. The molecule has 4 rings (SSSR count). The van der Waals surface area contributed by atoms with Gasteiger partial charge in [-0.3, -0.25) is 4.79 Å². The van der Waals surface area contributed by atoms with Crippen LogP contribution in [-0.2, 0) is 6.42 Å². The fourth-order valence-corrected chi connectivity index (χ4v) is 4.15. The normalized spacial score (nSPS) is 16.2. The fourth-order valence-electron chi connectivity index (χ4n) is 3.89. The number of H-pyrrole nitrogens is 1. The van der Waals surface area contributed by atoms with Gasteiger partial charge in [-0.15, -0.1) is 0 Å². The molecule has 1 fully saturated rings. The van der Waals surface area contributed by atoms with Gasteiger partial charge < -0.3 is 9.88 Å². The van der Waals surface area contributed by atoms with Crippen molar-refractivity contribution in [3.63, 3.8) is 0 Å². The number of likely N-dealkylation sites (tertiary alicyclic amines) is 1. The highest BCUT2D eigenvalue weighted by Crippen LogP contribution is 2.24. The predicted octanol–water partition coefficient (Wildman–Crippen LogP) is 5.07. The van der Waals surface area contributed by atoms with E-state index in [2.05, 4.69) is 56.3 Å². The van der Waals surface area contributed by atoms with Gasteiger partial charge >= 0.3 is 0 Å². The van der Waals surface area contributed by atoms with Crippen LogP contribution in [0.1, 0.15) is 28.8 Å². The van der Waals surface area contributed by atoms with Gasteiger partial charge in [0, 0.05) is 39.6 Å². The molecular formula is C22H23BrN2O. The summed E-state index contributed by atoms with van der Waals surface area (Å²) in [5, 5.41) is 1.33. The lowest BCUT2D eigenvalue weighted by atomic mass is 9.89. The summed E-state index contributed by atoms with van der Waals surface area (Å²) in [4.78, 5) is 18.5. The Balaban J connectivity index is 1.31. The van der Waals surface area contributed by atoms with Crippen molar-refractivity contribution in [1.29, 1.82) is 0 Å². The summed E-state index contributed by atoms with van der Waals surface area (Å²) in [6.45, 7) is 3.08. The SMILES string of the molecule is O=C(c1ccc(Br)cc1)C1CCN(CCc2c[nH]c3ccccc23)CC1. The molecule has 134 valence electrons. The molecule has 0 unspecified atom stereocenters. The molecule has 1 saturated heterocycles. The maximum absolute atomic E-state index is 12.7. The number of fused-ring (bicyclic) bond motifs is 1. The maximum Gasteiger partial charge on any atom is 0.166 e. The Hall–Kier alpha value is -1.91. The van der Waals surface area contributed by atoms with Crippen molar-refractivity contribution in [3.05, 3.63) is 70.3 Å². The number of halogens is 1. The van der Waals surface area contributed by atoms with Crippen LogP contribution >= 0.6 is 15.9 Å². The molecule has 26 heavy (non-hydrogen) atoms. The molecule has 1 aromatic heterocycles. The third kappa shape index (κ3) is 3.76. The number of hydrogen-bond acceptors (Lipinski definition) is 2. The number of nitrogens with one attached hydrogen (secondary N) is 1. The number of Topliss-reactive ketones (excluding diaryl/α,β-unsaturated/α-hetero) is 1. The van der Waals surface area contributed by atoms with Gasteiger partial charge in [0.25, 0.3) is 0 Å². The number of piperidine rings is 1. The standard InChI is InChI=1S/C22H23BrN2O/c23-19-7-5-16(6-8-19)22(26)17-9-12-25(13-10-17)14-11-18-15-24-21-4-2-1-3-20(18)21/h1-8,15,17,24H,9-14H2. The van der Waals surface area contributed by atoms with Crippen LogP contribution in [0.3, 0.4) is 0 Å². The summed E-state index contributed by atoms with van der Waals surface area (Å²) in [7, 11) is 0. The quantitative estimate of drug-likeness (QED) is 0.596. The van der Waals surface area contributed by atoms with E-state index in [1.54, 1.807) is 0 Å². The van der Waals surface area contributed by atoms with Gasteiger partial charge in [-0.2, -0.15) is 0 Å². The van der Waals surface area contributed by atoms with Crippen LogP contribution in [0.15, 0.2) is 59.2 Å². The number of aromatic amines is 1. The molecular weight excluding hydrogens is 388 g/mol. The van der Waals surface area contributed by atoms with Crippen LogP contribution in [0.25, 0.3) is 10.9 Å². The van der Waals surface area contributed by atoms with Crippen LogP contribution in [0.5, 0.6) is 0 Å². The van der Waals surface area contributed by atoms with Gasteiger partial charge in [-0.05, 0) is 56.1 Å². The van der Waals surface area contributed by atoms with Crippen LogP contribution in [0.2, 0.25) is 0 Å². The van der Waals surface area contributed by atoms with Gasteiger partial charge in [0.05, 0.1) is 0 Å². The number of ketones is 1. The summed E-state index contributed by atoms with van der Waals surface area (Å²) in [5.41, 5.74) is 3.43. The number of carbonyl (C=O) groups excluding carboxylic acids is 1. The predicted molar refractivity (Wildman–Crippen MR) is 110 cm³/mol. The van der Waals surface area contributed by atoms with Crippen LogP contribution in [0, 0.1) is 5.92 Å². The molecule has 3 nitrogen and oxygen atoms in total. The number of benzene rings is 2. The molecule has 2 heterocycles. The van der Waals surface area contributed by atoms with Crippen molar-refractivity contribution >= 4 is 32.6 Å². The lowest BCUT2D eigenvalue weighted by molar-refractivity contribution is 0.0841. The molecule has 3 aromatic rings. The summed E-state index contributed by atoms with van der Waals surface area (Å²) < 4.78 is 1.01. The highest BCUT2D eigenvalue weighted by molar-refractivity contribution is 9.10. The lowest BCUT2D eigenvalue weighted by Gasteiger charge is -2.31. The van der Waals surface area contributed by atoms with E-state index in [4.69, 9.17) is 0 Å². The Morgan fingerprint density at radius 2 is 1.81 bits per heavy atom. The number of carbonyl (C=O) groups is 1. The zero-order valence-corrected chi connectivity index (χ0v) is 16.3. The topological polar surface area (TPSA) is 36.1 Å². The second-order valence-electron chi connectivity index (χ2n) is 7.10. The Kier molecular flexibility index (Phi) is 5.23. The molecule has 0 atom stereocenters. The fraction of sp³-hybridized carbons (Fsp3) is 0.318. The Labute approximate surface area is 162 Å². The number of rotatable bonds is 5. The van der Waals surface area contributed by atoms with Crippen LogP contribution in [0.4, 0.5) is 0 Å². The molecule has 1 aliphatic heterocycles. The average molecular weight is 411 g/mol. The zero-order valence-electron chi connectivity index (χ0n) is 14.7. The molecule has 0 aliphatic carbocycles. The Morgan fingerprint density at radius 3 is 2.58 bits per heavy atom. The van der Waals surface area contributed by atoms with E-state index in [1.807, 2.05) is 24.3 Å². The first kappa shape index (κ1) is 17.5. The first-order valence-electron chi connectivity index (χ1n) is 9.28. The van der Waals surface area contributed by atoms with Crippen molar-refractivity contribution in [2.24, 2.45) is 5.92 Å². The molecule has 1 N–H and O–H groups in total. The second-order valence-corrected chi connectivity index (χ2v) is 8.01. The minimum Gasteiger partial charge on any atom is -0.361 e. The molecule has 1 aliphatic rings. The van der Waals surface area contributed by atoms with Gasteiger partial charge in [0.15, 0.2) is 5.78 Å². The third-order valence-corrected chi connectivity index (χ3v) is 5.99. The van der Waals surface area contributed by atoms with Gasteiger partial charge in [0.1, 0.15) is 0 Å². The molecule has 0 saturated carbocycles. The monoisotopic (exact) mass is 410 g/mol. The third-order valence-electron chi connectivity index (χ3n) is 5.46. The molecule has 0 bridgehead atoms. The minimum absolute atomic E-state index is 0.167. The van der Waals surface area contributed by atoms with Gasteiger partial charge in [0.2, 0.25) is 0 Å². The average Bonchev–Trinajstić information content (AvgIpc) is 3.10.